The highest BCUT2D eigenvalue weighted by Gasteiger charge is 2.31. The van der Waals surface area contributed by atoms with Crippen molar-refractivity contribution in [1.82, 2.24) is 19.8 Å². The Morgan fingerprint density at radius 3 is 2.48 bits per heavy atom. The Kier molecular flexibility index (Phi) is 8.07. The molecule has 0 bridgehead atoms. The van der Waals surface area contributed by atoms with Crippen LogP contribution in [0.15, 0.2) is 36.4 Å². The van der Waals surface area contributed by atoms with Crippen molar-refractivity contribution in [2.24, 2.45) is 0 Å². The molecule has 10 heteroatoms. The lowest BCUT2D eigenvalue weighted by Gasteiger charge is -2.38. The van der Waals surface area contributed by atoms with Gasteiger partial charge in [0, 0.05) is 55.4 Å². The van der Waals surface area contributed by atoms with E-state index in [0.29, 0.717) is 51.4 Å². The Morgan fingerprint density at radius 2 is 1.76 bits per heavy atom. The summed E-state index contributed by atoms with van der Waals surface area (Å²) in [5.41, 5.74) is 2.75. The van der Waals surface area contributed by atoms with Crippen molar-refractivity contribution in [3.05, 3.63) is 52.7 Å². The fourth-order valence-corrected chi connectivity index (χ4v) is 6.53. The van der Waals surface area contributed by atoms with Crippen molar-refractivity contribution < 1.29 is 14.3 Å². The number of fused-ring (bicyclic) bond motifs is 2. The maximum atomic E-state index is 12.7. The Morgan fingerprint density at radius 1 is 1.00 bits per heavy atom. The molecule has 6 rings (SSSR count). The Hall–Kier alpha value is -3.30. The fourth-order valence-electron chi connectivity index (χ4n) is 6.25. The number of benzene rings is 2. The summed E-state index contributed by atoms with van der Waals surface area (Å²) in [6.45, 7) is 11.4. The van der Waals surface area contributed by atoms with Gasteiger partial charge in [0.1, 0.15) is 18.0 Å². The summed E-state index contributed by atoms with van der Waals surface area (Å²) in [5.74, 6) is 0.925. The Bertz CT molecular complexity index is 1450. The zero-order chi connectivity index (χ0) is 29.4. The number of anilines is 2. The standard InChI is InChI=1S/C32H41ClN6O3/c1-32(2,3)42-31(40)38-18-16-37(17-19-38)29-24-13-15-39(27-12-6-9-22-8-5-11-25(33)28(22)27)20-26(24)34-30(35-29)41-21-23-10-7-14-36(23)4/h5-6,8-9,11-12,23H,7,10,13-21H2,1-4H3/t23-/m0/s1. The Balaban J connectivity index is 1.27. The molecule has 0 unspecified atom stereocenters. The number of hydrogen-bond acceptors (Lipinski definition) is 8. The molecule has 2 aromatic carbocycles. The zero-order valence-electron chi connectivity index (χ0n) is 25.1. The number of amides is 1. The molecular weight excluding hydrogens is 552 g/mol. The SMILES string of the molecule is CN1CCC[C@H]1COc1nc2c(c(N3CCN(C(=O)OC(C)(C)C)CC3)n1)CCN(c1cccc3cccc(Cl)c13)C2. The molecule has 224 valence electrons. The maximum Gasteiger partial charge on any atom is 0.410 e. The molecule has 1 amide bonds. The number of hydrogen-bond donors (Lipinski definition) is 0. The van der Waals surface area contributed by atoms with Crippen LogP contribution < -0.4 is 14.5 Å². The van der Waals surface area contributed by atoms with E-state index in [-0.39, 0.29) is 6.09 Å². The van der Waals surface area contributed by atoms with Gasteiger partial charge in [-0.15, -0.1) is 0 Å². The van der Waals surface area contributed by atoms with Crippen LogP contribution in [0.3, 0.4) is 0 Å². The molecule has 0 saturated carbocycles. The number of carbonyl (C=O) groups is 1. The van der Waals surface area contributed by atoms with Gasteiger partial charge in [0.05, 0.1) is 17.3 Å². The molecule has 2 saturated heterocycles. The zero-order valence-corrected chi connectivity index (χ0v) is 25.9. The van der Waals surface area contributed by atoms with Crippen molar-refractivity contribution in [1.29, 1.82) is 0 Å². The van der Waals surface area contributed by atoms with E-state index in [9.17, 15) is 4.79 Å². The van der Waals surface area contributed by atoms with Gasteiger partial charge in [0.2, 0.25) is 0 Å². The van der Waals surface area contributed by atoms with Gasteiger partial charge in [-0.25, -0.2) is 4.79 Å². The van der Waals surface area contributed by atoms with Gasteiger partial charge < -0.3 is 29.1 Å². The molecule has 3 aromatic rings. The van der Waals surface area contributed by atoms with E-state index in [1.807, 2.05) is 32.9 Å². The summed E-state index contributed by atoms with van der Waals surface area (Å²) >= 11 is 6.70. The van der Waals surface area contributed by atoms with Gasteiger partial charge in [-0.3, -0.25) is 0 Å². The molecule has 0 aliphatic carbocycles. The van der Waals surface area contributed by atoms with E-state index >= 15 is 0 Å². The van der Waals surface area contributed by atoms with Crippen LogP contribution in [0.5, 0.6) is 6.01 Å². The lowest BCUT2D eigenvalue weighted by Crippen LogP contribution is -2.50. The van der Waals surface area contributed by atoms with Crippen LogP contribution in [-0.2, 0) is 17.7 Å². The first-order valence-electron chi connectivity index (χ1n) is 15.0. The minimum atomic E-state index is -0.514. The lowest BCUT2D eigenvalue weighted by atomic mass is 10.0. The minimum absolute atomic E-state index is 0.263. The Labute approximate surface area is 253 Å². The third-order valence-electron chi connectivity index (χ3n) is 8.50. The summed E-state index contributed by atoms with van der Waals surface area (Å²) in [6, 6.07) is 13.2. The number of piperazine rings is 1. The second-order valence-electron chi connectivity index (χ2n) is 12.6. The van der Waals surface area contributed by atoms with E-state index in [1.165, 1.54) is 6.42 Å². The van der Waals surface area contributed by atoms with Crippen LogP contribution in [0.4, 0.5) is 16.3 Å². The molecule has 1 atom stereocenters. The van der Waals surface area contributed by atoms with Crippen LogP contribution in [0, 0.1) is 0 Å². The normalized spacial score (nSPS) is 19.7. The molecule has 3 aliphatic heterocycles. The van der Waals surface area contributed by atoms with E-state index in [0.717, 1.165) is 64.5 Å². The van der Waals surface area contributed by atoms with Crippen LogP contribution in [0.1, 0.15) is 44.9 Å². The van der Waals surface area contributed by atoms with Gasteiger partial charge >= 0.3 is 12.1 Å². The number of ether oxygens (including phenoxy) is 2. The summed E-state index contributed by atoms with van der Waals surface area (Å²) in [4.78, 5) is 31.4. The first-order chi connectivity index (χ1) is 20.2. The van der Waals surface area contributed by atoms with E-state index < -0.39 is 5.60 Å². The molecule has 42 heavy (non-hydrogen) atoms. The monoisotopic (exact) mass is 592 g/mol. The highest BCUT2D eigenvalue weighted by Crippen LogP contribution is 2.37. The van der Waals surface area contributed by atoms with E-state index in [2.05, 4.69) is 46.0 Å². The summed E-state index contributed by atoms with van der Waals surface area (Å²) in [5, 5.41) is 2.95. The lowest BCUT2D eigenvalue weighted by molar-refractivity contribution is 0.0240. The molecule has 4 heterocycles. The molecule has 1 aromatic heterocycles. The first-order valence-corrected chi connectivity index (χ1v) is 15.4. The van der Waals surface area contributed by atoms with Crippen LogP contribution in [0.25, 0.3) is 10.8 Å². The summed E-state index contributed by atoms with van der Waals surface area (Å²) < 4.78 is 11.9. The highest BCUT2D eigenvalue weighted by atomic mass is 35.5. The number of aromatic nitrogens is 2. The van der Waals surface area contributed by atoms with Crippen molar-refractivity contribution >= 4 is 40.0 Å². The quantitative estimate of drug-likeness (QED) is 0.391. The predicted molar refractivity (Wildman–Crippen MR) is 167 cm³/mol. The largest absolute Gasteiger partial charge is 0.462 e. The molecule has 0 radical (unpaired) electrons. The number of rotatable bonds is 5. The molecule has 3 aliphatic rings. The van der Waals surface area contributed by atoms with Crippen molar-refractivity contribution in [3.8, 4) is 6.01 Å². The number of likely N-dealkylation sites (N-methyl/N-ethyl adjacent to an activating group) is 1. The van der Waals surface area contributed by atoms with E-state index in [4.69, 9.17) is 31.0 Å². The first kappa shape index (κ1) is 28.8. The molecule has 0 spiro atoms. The van der Waals surface area contributed by atoms with Gasteiger partial charge in [-0.2, -0.15) is 9.97 Å². The molecule has 2 fully saturated rings. The second kappa shape index (κ2) is 11.8. The van der Waals surface area contributed by atoms with Crippen molar-refractivity contribution in [2.45, 2.75) is 58.2 Å². The van der Waals surface area contributed by atoms with Crippen molar-refractivity contribution in [2.75, 3.05) is 62.7 Å². The molecule has 9 nitrogen and oxygen atoms in total. The third-order valence-corrected chi connectivity index (χ3v) is 8.82. The summed E-state index contributed by atoms with van der Waals surface area (Å²) in [7, 11) is 2.15. The molecule has 0 N–H and O–H groups in total. The smallest absolute Gasteiger partial charge is 0.410 e. The van der Waals surface area contributed by atoms with Gasteiger partial charge in [0.15, 0.2) is 0 Å². The maximum absolute atomic E-state index is 12.7. The number of carbonyl (C=O) groups excluding carboxylic acids is 1. The second-order valence-corrected chi connectivity index (χ2v) is 13.0. The van der Waals surface area contributed by atoms with Gasteiger partial charge in [-0.1, -0.05) is 35.9 Å². The van der Waals surface area contributed by atoms with Gasteiger partial charge in [-0.05, 0) is 71.1 Å². The molecular formula is C32H41ClN6O3. The number of halogens is 1. The average molecular weight is 593 g/mol. The highest BCUT2D eigenvalue weighted by molar-refractivity contribution is 6.36. The summed E-state index contributed by atoms with van der Waals surface area (Å²) in [6.07, 6.45) is 2.85. The van der Waals surface area contributed by atoms with Crippen LogP contribution in [0.2, 0.25) is 5.02 Å². The predicted octanol–water partition coefficient (Wildman–Crippen LogP) is 5.38. The number of nitrogens with zero attached hydrogens (tertiary/aromatic N) is 6. The van der Waals surface area contributed by atoms with Crippen molar-refractivity contribution in [3.63, 3.8) is 0 Å². The van der Waals surface area contributed by atoms with Crippen LogP contribution >= 0.6 is 11.6 Å². The fraction of sp³-hybridized carbons (Fsp3) is 0.531. The minimum Gasteiger partial charge on any atom is -0.462 e. The van der Waals surface area contributed by atoms with Gasteiger partial charge in [0.25, 0.3) is 0 Å². The third kappa shape index (κ3) is 6.08. The van der Waals surface area contributed by atoms with E-state index in [1.54, 1.807) is 4.90 Å². The topological polar surface area (TPSA) is 74.3 Å². The number of likely N-dealkylation sites (tertiary alicyclic amines) is 1. The van der Waals surface area contributed by atoms with Crippen LogP contribution in [-0.4, -0.2) is 90.4 Å². The average Bonchev–Trinajstić information content (AvgIpc) is 3.38.